The maximum atomic E-state index is 15.0. The summed E-state index contributed by atoms with van der Waals surface area (Å²) in [5, 5.41) is 19.5. The molecule has 0 saturated carbocycles. The van der Waals surface area contributed by atoms with Gasteiger partial charge >= 0.3 is 6.36 Å². The van der Waals surface area contributed by atoms with Crippen molar-refractivity contribution >= 4 is 11.8 Å². The highest BCUT2D eigenvalue weighted by Crippen LogP contribution is 2.24. The van der Waals surface area contributed by atoms with Crippen LogP contribution in [-0.4, -0.2) is 71.2 Å². The summed E-state index contributed by atoms with van der Waals surface area (Å²) < 4.78 is 71.3. The highest BCUT2D eigenvalue weighted by molar-refractivity contribution is 5.92. The van der Waals surface area contributed by atoms with E-state index in [9.17, 15) is 27.2 Å². The van der Waals surface area contributed by atoms with Crippen LogP contribution in [0.4, 0.5) is 22.0 Å². The molecule has 0 spiro atoms. The Bertz CT molecular complexity index is 1490. The van der Waals surface area contributed by atoms with E-state index in [0.29, 0.717) is 5.56 Å². The maximum absolute atomic E-state index is 15.0. The minimum absolute atomic E-state index is 0.00494. The van der Waals surface area contributed by atoms with Crippen molar-refractivity contribution in [2.75, 3.05) is 6.54 Å². The molecule has 3 aromatic heterocycles. The van der Waals surface area contributed by atoms with Crippen molar-refractivity contribution in [3.8, 4) is 5.75 Å². The van der Waals surface area contributed by atoms with Crippen LogP contribution < -0.4 is 10.1 Å². The lowest BCUT2D eigenvalue weighted by molar-refractivity contribution is -0.274. The number of halogens is 5. The second-order valence-corrected chi connectivity index (χ2v) is 9.09. The number of hydrogen-bond acceptors (Lipinski definition) is 8. The number of rotatable bonds is 12. The van der Waals surface area contributed by atoms with E-state index in [1.54, 1.807) is 18.3 Å². The van der Waals surface area contributed by atoms with Gasteiger partial charge in [0.05, 0.1) is 18.9 Å². The van der Waals surface area contributed by atoms with Crippen molar-refractivity contribution in [1.82, 2.24) is 45.6 Å². The molecular weight excluding hydrogens is 569 g/mol. The second kappa shape index (κ2) is 13.1. The molecule has 12 nitrogen and oxygen atoms in total. The summed E-state index contributed by atoms with van der Waals surface area (Å²) in [6, 6.07) is 5.95. The third-order valence-electron chi connectivity index (χ3n) is 5.82. The summed E-state index contributed by atoms with van der Waals surface area (Å²) in [5.74, 6) is -2.80. The van der Waals surface area contributed by atoms with Gasteiger partial charge in [0.2, 0.25) is 0 Å². The Morgan fingerprint density at radius 3 is 2.67 bits per heavy atom. The molecule has 0 aliphatic carbocycles. The van der Waals surface area contributed by atoms with Crippen molar-refractivity contribution in [2.24, 2.45) is 0 Å². The van der Waals surface area contributed by atoms with Crippen LogP contribution in [0.25, 0.3) is 0 Å². The number of ether oxygens (including phenoxy) is 1. The summed E-state index contributed by atoms with van der Waals surface area (Å²) >= 11 is 0. The molecule has 222 valence electrons. The number of aromatic nitrogens is 7. The zero-order valence-electron chi connectivity index (χ0n) is 22.0. The third-order valence-corrected chi connectivity index (χ3v) is 5.82. The number of nitrogens with zero attached hydrogens (tertiary/aromatic N) is 7. The van der Waals surface area contributed by atoms with Gasteiger partial charge < -0.3 is 15.0 Å². The van der Waals surface area contributed by atoms with E-state index >= 15 is 4.39 Å². The molecule has 3 heterocycles. The van der Waals surface area contributed by atoms with Gasteiger partial charge in [0, 0.05) is 37.1 Å². The molecule has 0 saturated heterocycles. The van der Waals surface area contributed by atoms with E-state index in [4.69, 9.17) is 0 Å². The van der Waals surface area contributed by atoms with Gasteiger partial charge in [-0.3, -0.25) is 24.4 Å². The van der Waals surface area contributed by atoms with E-state index in [-0.39, 0.29) is 43.0 Å². The van der Waals surface area contributed by atoms with E-state index in [1.807, 2.05) is 6.92 Å². The topological polar surface area (TPSA) is 144 Å². The number of hydrogen-bond donors (Lipinski definition) is 2. The average Bonchev–Trinajstić information content (AvgIpc) is 3.65. The van der Waals surface area contributed by atoms with E-state index < -0.39 is 42.5 Å². The van der Waals surface area contributed by atoms with Crippen LogP contribution >= 0.6 is 0 Å². The third kappa shape index (κ3) is 8.52. The first-order chi connectivity index (χ1) is 20.0. The fraction of sp³-hybridized carbons (Fsp3) is 0.320. The molecule has 2 N–H and O–H groups in total. The van der Waals surface area contributed by atoms with Gasteiger partial charge in [0.15, 0.2) is 11.4 Å². The Morgan fingerprint density at radius 1 is 1.17 bits per heavy atom. The highest BCUT2D eigenvalue weighted by Gasteiger charge is 2.31. The molecule has 0 bridgehead atoms. The predicted molar refractivity (Wildman–Crippen MR) is 134 cm³/mol. The smallest absolute Gasteiger partial charge is 0.406 e. The van der Waals surface area contributed by atoms with Crippen molar-refractivity contribution < 1.29 is 36.3 Å². The second-order valence-electron chi connectivity index (χ2n) is 9.09. The molecule has 17 heteroatoms. The number of alkyl halides is 4. The normalized spacial score (nSPS) is 12.1. The van der Waals surface area contributed by atoms with Gasteiger partial charge in [-0.1, -0.05) is 16.5 Å². The van der Waals surface area contributed by atoms with Crippen LogP contribution in [0, 0.1) is 12.7 Å². The van der Waals surface area contributed by atoms with Crippen LogP contribution in [0.5, 0.6) is 5.75 Å². The number of aromatic amines is 1. The monoisotopic (exact) mass is 593 g/mol. The summed E-state index contributed by atoms with van der Waals surface area (Å²) in [4.78, 5) is 30.8. The van der Waals surface area contributed by atoms with Crippen LogP contribution in [0.2, 0.25) is 0 Å². The minimum Gasteiger partial charge on any atom is -0.406 e. The van der Waals surface area contributed by atoms with Crippen LogP contribution in [0.3, 0.4) is 0 Å². The van der Waals surface area contributed by atoms with Gasteiger partial charge in [0.1, 0.15) is 17.7 Å². The number of amides is 2. The average molecular weight is 594 g/mol. The van der Waals surface area contributed by atoms with Crippen molar-refractivity contribution in [3.05, 3.63) is 82.9 Å². The molecule has 42 heavy (non-hydrogen) atoms. The molecule has 0 aliphatic rings. The summed E-state index contributed by atoms with van der Waals surface area (Å²) in [6.07, 6.45) is -2.41. The van der Waals surface area contributed by atoms with Gasteiger partial charge in [-0.2, -0.15) is 0 Å². The van der Waals surface area contributed by atoms with Crippen molar-refractivity contribution in [2.45, 2.75) is 45.5 Å². The minimum atomic E-state index is -4.96. The number of pyridine rings is 1. The van der Waals surface area contributed by atoms with Crippen LogP contribution in [-0.2, 0) is 19.6 Å². The summed E-state index contributed by atoms with van der Waals surface area (Å²) in [7, 11) is 0. The van der Waals surface area contributed by atoms with Crippen molar-refractivity contribution in [1.29, 1.82) is 0 Å². The molecule has 4 aromatic rings. The molecule has 0 fully saturated rings. The first-order valence-electron chi connectivity index (χ1n) is 12.4. The lowest BCUT2D eigenvalue weighted by Gasteiger charge is -2.23. The number of aryl methyl sites for hydroxylation is 2. The van der Waals surface area contributed by atoms with Gasteiger partial charge in [-0.05, 0) is 43.2 Å². The number of carbonyl (C=O) groups is 2. The quantitative estimate of drug-likeness (QED) is 0.239. The van der Waals surface area contributed by atoms with E-state index in [0.717, 1.165) is 23.9 Å². The molecular formula is C25H24F5N9O3. The summed E-state index contributed by atoms with van der Waals surface area (Å²) in [5.41, 5.74) is 1.08. The standard InChI is InChI=1S/C25H24F5N9O3/c1-15-2-3-16(9-31-15)12-38(24(41)21-11-33-36-34-21)13-18(26)6-7-39-14-22(35-37-39)23(40)32-10-17-8-19(4-5-20(17)27)42-25(28,29)30/h2-5,8-9,11,14,18H,6-7,10,12-13H2,1H3,(H,32,40)(H,33,34,36). The number of nitrogens with one attached hydrogen (secondary N) is 2. The number of benzene rings is 1. The zero-order valence-corrected chi connectivity index (χ0v) is 22.0. The molecule has 1 aromatic carbocycles. The molecule has 1 unspecified atom stereocenters. The molecule has 1 atom stereocenters. The molecule has 4 rings (SSSR count). The maximum Gasteiger partial charge on any atom is 0.573 e. The molecule has 0 aliphatic heterocycles. The Labute approximate surface area is 234 Å². The Morgan fingerprint density at radius 2 is 1.98 bits per heavy atom. The zero-order chi connectivity index (χ0) is 30.3. The molecule has 0 radical (unpaired) electrons. The molecule has 2 amide bonds. The van der Waals surface area contributed by atoms with E-state index in [1.165, 1.54) is 22.0 Å². The Hall–Kier alpha value is -4.96. The lowest BCUT2D eigenvalue weighted by Crippen LogP contribution is -2.36. The SMILES string of the molecule is Cc1ccc(CN(CC(F)CCn2cc(C(=O)NCc3cc(OC(F)(F)F)ccc3F)nn2)C(=O)c2c[nH]nn2)cn1. The first-order valence-corrected chi connectivity index (χ1v) is 12.4. The highest BCUT2D eigenvalue weighted by atomic mass is 19.4. The largest absolute Gasteiger partial charge is 0.573 e. The fourth-order valence-corrected chi connectivity index (χ4v) is 3.76. The summed E-state index contributed by atoms with van der Waals surface area (Å²) in [6.45, 7) is 1.17. The Balaban J connectivity index is 1.31. The fourth-order valence-electron chi connectivity index (χ4n) is 3.76. The van der Waals surface area contributed by atoms with Gasteiger partial charge in [0.25, 0.3) is 11.8 Å². The van der Waals surface area contributed by atoms with E-state index in [2.05, 4.69) is 40.8 Å². The Kier molecular flexibility index (Phi) is 9.39. The van der Waals surface area contributed by atoms with Crippen molar-refractivity contribution in [3.63, 3.8) is 0 Å². The predicted octanol–water partition coefficient (Wildman–Crippen LogP) is 3.14. The van der Waals surface area contributed by atoms with Gasteiger partial charge in [-0.25, -0.2) is 8.78 Å². The first kappa shape index (κ1) is 30.0. The number of H-pyrrole nitrogens is 1. The number of carbonyl (C=O) groups excluding carboxylic acids is 2. The van der Waals surface area contributed by atoms with Gasteiger partial charge in [-0.15, -0.1) is 23.4 Å². The van der Waals surface area contributed by atoms with Crippen LogP contribution in [0.15, 0.2) is 48.9 Å². The lowest BCUT2D eigenvalue weighted by atomic mass is 10.2. The van der Waals surface area contributed by atoms with Crippen LogP contribution in [0.1, 0.15) is 44.2 Å².